The van der Waals surface area contributed by atoms with Crippen molar-refractivity contribution in [3.63, 3.8) is 0 Å². The summed E-state index contributed by atoms with van der Waals surface area (Å²) in [5, 5.41) is 0. The zero-order valence-electron chi connectivity index (χ0n) is 7.02. The Labute approximate surface area is 58.6 Å². The number of rotatable bonds is 3. The molecule has 0 aliphatic carbocycles. The Balaban J connectivity index is 3.58. The minimum Gasteiger partial charge on any atom is -0.327 e. The fraction of sp³-hybridized carbons (Fsp3) is 1.00. The first-order valence-electron chi connectivity index (χ1n) is 3.85. The van der Waals surface area contributed by atoms with Crippen LogP contribution in [0.2, 0.25) is 0 Å². The number of nitrogens with two attached hydrogens (primary N) is 1. The largest absolute Gasteiger partial charge is 0.327 e. The van der Waals surface area contributed by atoms with Gasteiger partial charge in [-0.25, -0.2) is 0 Å². The molecule has 0 bridgehead atoms. The second-order valence-corrected chi connectivity index (χ2v) is 3.21. The first-order valence-corrected chi connectivity index (χ1v) is 3.85. The minimum absolute atomic E-state index is 0.384. The Kier molecular flexibility index (Phi) is 3.87. The zero-order valence-corrected chi connectivity index (χ0v) is 7.02. The van der Waals surface area contributed by atoms with E-state index in [2.05, 4.69) is 27.7 Å². The van der Waals surface area contributed by atoms with Crippen molar-refractivity contribution >= 4 is 0 Å². The summed E-state index contributed by atoms with van der Waals surface area (Å²) in [6.45, 7) is 8.76. The molecule has 56 valence electrons. The summed E-state index contributed by atoms with van der Waals surface area (Å²) in [6.07, 6.45) is 1.19. The van der Waals surface area contributed by atoms with Gasteiger partial charge < -0.3 is 5.73 Å². The Hall–Kier alpha value is -0.0400. The normalized spacial score (nSPS) is 18.0. The zero-order chi connectivity index (χ0) is 7.44. The second kappa shape index (κ2) is 3.89. The predicted molar refractivity (Wildman–Crippen MR) is 42.3 cm³/mol. The van der Waals surface area contributed by atoms with Crippen molar-refractivity contribution in [3.05, 3.63) is 0 Å². The van der Waals surface area contributed by atoms with E-state index < -0.39 is 0 Å². The molecule has 0 aliphatic rings. The Morgan fingerprint density at radius 3 is 1.78 bits per heavy atom. The summed E-state index contributed by atoms with van der Waals surface area (Å²) in [5.41, 5.74) is 5.87. The quantitative estimate of drug-likeness (QED) is 0.620. The summed E-state index contributed by atoms with van der Waals surface area (Å²) in [4.78, 5) is 0. The van der Waals surface area contributed by atoms with Crippen LogP contribution in [-0.4, -0.2) is 6.04 Å². The molecule has 0 saturated carbocycles. The molecule has 0 aromatic rings. The van der Waals surface area contributed by atoms with Crippen LogP contribution in [0.3, 0.4) is 0 Å². The molecule has 1 nitrogen and oxygen atoms in total. The van der Waals surface area contributed by atoms with E-state index in [1.165, 1.54) is 6.42 Å². The molecule has 2 N–H and O–H groups in total. The molecule has 0 aliphatic heterocycles. The molecule has 0 aromatic heterocycles. The first-order chi connectivity index (χ1) is 4.09. The van der Waals surface area contributed by atoms with Crippen molar-refractivity contribution in [3.8, 4) is 0 Å². The molecule has 0 fully saturated rings. The monoisotopic (exact) mass is 129 g/mol. The van der Waals surface area contributed by atoms with E-state index in [4.69, 9.17) is 5.73 Å². The summed E-state index contributed by atoms with van der Waals surface area (Å²) >= 11 is 0. The molecule has 0 amide bonds. The van der Waals surface area contributed by atoms with Gasteiger partial charge in [0.15, 0.2) is 0 Å². The lowest BCUT2D eigenvalue weighted by atomic mass is 9.91. The van der Waals surface area contributed by atoms with E-state index in [-0.39, 0.29) is 0 Å². The van der Waals surface area contributed by atoms with Gasteiger partial charge in [0.2, 0.25) is 0 Å². The van der Waals surface area contributed by atoms with E-state index in [0.717, 1.165) is 0 Å². The molecule has 0 rings (SSSR count). The molecule has 0 spiro atoms. The van der Waals surface area contributed by atoms with Crippen LogP contribution < -0.4 is 5.73 Å². The van der Waals surface area contributed by atoms with E-state index in [9.17, 15) is 0 Å². The molecular formula is C8H19N. The number of hydrogen-bond acceptors (Lipinski definition) is 1. The van der Waals surface area contributed by atoms with Crippen molar-refractivity contribution in [2.24, 2.45) is 17.6 Å². The second-order valence-electron chi connectivity index (χ2n) is 3.21. The minimum atomic E-state index is 0.384. The van der Waals surface area contributed by atoms with Gasteiger partial charge in [0.25, 0.3) is 0 Å². The van der Waals surface area contributed by atoms with Gasteiger partial charge in [-0.2, -0.15) is 0 Å². The summed E-state index contributed by atoms with van der Waals surface area (Å²) in [7, 11) is 0. The highest BCUT2D eigenvalue weighted by Gasteiger charge is 2.13. The Morgan fingerprint density at radius 2 is 1.67 bits per heavy atom. The highest BCUT2D eigenvalue weighted by molar-refractivity contribution is 4.70. The van der Waals surface area contributed by atoms with Gasteiger partial charge in [-0.1, -0.05) is 34.1 Å². The van der Waals surface area contributed by atoms with Crippen LogP contribution in [0.1, 0.15) is 34.1 Å². The van der Waals surface area contributed by atoms with Gasteiger partial charge in [-0.3, -0.25) is 0 Å². The summed E-state index contributed by atoms with van der Waals surface area (Å²) in [5.74, 6) is 1.30. The van der Waals surface area contributed by atoms with Gasteiger partial charge in [0, 0.05) is 6.04 Å². The van der Waals surface area contributed by atoms with Crippen molar-refractivity contribution in [1.82, 2.24) is 0 Å². The third kappa shape index (κ3) is 2.85. The lowest BCUT2D eigenvalue weighted by Gasteiger charge is -2.21. The molecule has 0 saturated heterocycles. The van der Waals surface area contributed by atoms with Crippen molar-refractivity contribution < 1.29 is 0 Å². The van der Waals surface area contributed by atoms with Gasteiger partial charge in [-0.15, -0.1) is 0 Å². The lowest BCUT2D eigenvalue weighted by molar-refractivity contribution is 0.356. The molecule has 2 atom stereocenters. The van der Waals surface area contributed by atoms with Crippen LogP contribution in [0.25, 0.3) is 0 Å². The maximum Gasteiger partial charge on any atom is 0.00876 e. The van der Waals surface area contributed by atoms with E-state index in [1.54, 1.807) is 0 Å². The fourth-order valence-corrected chi connectivity index (χ4v) is 0.929. The predicted octanol–water partition coefficient (Wildman–Crippen LogP) is 2.02. The van der Waals surface area contributed by atoms with E-state index in [1.807, 2.05) is 0 Å². The maximum absolute atomic E-state index is 5.87. The molecular weight excluding hydrogens is 110 g/mol. The fourth-order valence-electron chi connectivity index (χ4n) is 0.929. The Bertz CT molecular complexity index is 69.0. The summed E-state index contributed by atoms with van der Waals surface area (Å²) in [6, 6.07) is 0.384. The van der Waals surface area contributed by atoms with Crippen molar-refractivity contribution in [1.29, 1.82) is 0 Å². The van der Waals surface area contributed by atoms with Crippen LogP contribution in [0.5, 0.6) is 0 Å². The highest BCUT2D eigenvalue weighted by atomic mass is 14.7. The van der Waals surface area contributed by atoms with Crippen LogP contribution in [0.15, 0.2) is 0 Å². The molecule has 0 radical (unpaired) electrons. The third-order valence-corrected chi connectivity index (χ3v) is 2.07. The van der Waals surface area contributed by atoms with E-state index in [0.29, 0.717) is 17.9 Å². The van der Waals surface area contributed by atoms with Crippen LogP contribution in [0.4, 0.5) is 0 Å². The Morgan fingerprint density at radius 1 is 1.22 bits per heavy atom. The van der Waals surface area contributed by atoms with Crippen LogP contribution in [0, 0.1) is 11.8 Å². The topological polar surface area (TPSA) is 26.0 Å². The van der Waals surface area contributed by atoms with E-state index >= 15 is 0 Å². The average Bonchev–Trinajstić information content (AvgIpc) is 1.84. The SMILES string of the molecule is CC[C@@H](C)[C@H](N)C(C)C. The highest BCUT2D eigenvalue weighted by Crippen LogP contribution is 2.12. The average molecular weight is 129 g/mol. The standard InChI is InChI=1S/C8H19N/c1-5-7(4)8(9)6(2)3/h6-8H,5,9H2,1-4H3/t7-,8-/m1/s1. The van der Waals surface area contributed by atoms with Crippen molar-refractivity contribution in [2.75, 3.05) is 0 Å². The van der Waals surface area contributed by atoms with Crippen LogP contribution in [-0.2, 0) is 0 Å². The molecule has 0 heterocycles. The third-order valence-electron chi connectivity index (χ3n) is 2.07. The molecule has 0 aromatic carbocycles. The molecule has 1 heteroatoms. The van der Waals surface area contributed by atoms with Crippen LogP contribution >= 0.6 is 0 Å². The van der Waals surface area contributed by atoms with Gasteiger partial charge >= 0.3 is 0 Å². The van der Waals surface area contributed by atoms with Crippen molar-refractivity contribution in [2.45, 2.75) is 40.2 Å². The lowest BCUT2D eigenvalue weighted by Crippen LogP contribution is -2.32. The van der Waals surface area contributed by atoms with Gasteiger partial charge in [-0.05, 0) is 11.8 Å². The molecule has 9 heavy (non-hydrogen) atoms. The molecule has 0 unspecified atom stereocenters. The summed E-state index contributed by atoms with van der Waals surface area (Å²) < 4.78 is 0. The number of hydrogen-bond donors (Lipinski definition) is 1. The van der Waals surface area contributed by atoms with Gasteiger partial charge in [0.05, 0.1) is 0 Å². The van der Waals surface area contributed by atoms with Gasteiger partial charge in [0.1, 0.15) is 0 Å². The first kappa shape index (κ1) is 8.96. The smallest absolute Gasteiger partial charge is 0.00876 e. The maximum atomic E-state index is 5.87.